The number of anilines is 1. The zero-order chi connectivity index (χ0) is 15.6. The van der Waals surface area contributed by atoms with E-state index in [0.29, 0.717) is 5.56 Å². The Kier molecular flexibility index (Phi) is 3.84. The van der Waals surface area contributed by atoms with Gasteiger partial charge in [-0.05, 0) is 30.7 Å². The predicted octanol–water partition coefficient (Wildman–Crippen LogP) is 3.00. The Morgan fingerprint density at radius 1 is 1.33 bits per heavy atom. The molecule has 0 heterocycles. The lowest BCUT2D eigenvalue weighted by Gasteiger charge is -2.08. The average Bonchev–Trinajstić information content (AvgIpc) is 2.41. The van der Waals surface area contributed by atoms with Crippen LogP contribution in [0.3, 0.4) is 0 Å². The van der Waals surface area contributed by atoms with Crippen molar-refractivity contribution >= 4 is 17.3 Å². The molecule has 0 radical (unpaired) electrons. The lowest BCUT2D eigenvalue weighted by Crippen LogP contribution is -2.13. The molecule has 108 valence electrons. The number of benzene rings is 2. The van der Waals surface area contributed by atoms with Crippen molar-refractivity contribution in [3.8, 4) is 5.75 Å². The Hall–Kier alpha value is -2.96. The fourth-order valence-corrected chi connectivity index (χ4v) is 1.77. The maximum Gasteiger partial charge on any atom is 0.311 e. The van der Waals surface area contributed by atoms with Crippen molar-refractivity contribution in [2.75, 3.05) is 5.32 Å². The van der Waals surface area contributed by atoms with Gasteiger partial charge < -0.3 is 10.4 Å². The van der Waals surface area contributed by atoms with Gasteiger partial charge in [0.25, 0.3) is 5.91 Å². The summed E-state index contributed by atoms with van der Waals surface area (Å²) in [7, 11) is 0. The number of para-hydroxylation sites is 1. The van der Waals surface area contributed by atoms with Crippen molar-refractivity contribution < 1.29 is 19.2 Å². The first-order chi connectivity index (χ1) is 9.90. The molecule has 0 unspecified atom stereocenters. The topological polar surface area (TPSA) is 92.5 Å². The molecule has 7 heteroatoms. The van der Waals surface area contributed by atoms with Crippen molar-refractivity contribution in [1.82, 2.24) is 0 Å². The number of hydrogen-bond acceptors (Lipinski definition) is 4. The number of nitro groups is 1. The Balaban J connectivity index is 2.33. The van der Waals surface area contributed by atoms with Crippen LogP contribution in [-0.2, 0) is 0 Å². The normalized spacial score (nSPS) is 10.2. The van der Waals surface area contributed by atoms with Gasteiger partial charge in [-0.2, -0.15) is 0 Å². The zero-order valence-electron chi connectivity index (χ0n) is 11.0. The number of halogens is 1. The van der Waals surface area contributed by atoms with Crippen LogP contribution >= 0.6 is 0 Å². The maximum atomic E-state index is 13.6. The molecule has 0 aliphatic heterocycles. The molecule has 21 heavy (non-hydrogen) atoms. The molecule has 1 amide bonds. The van der Waals surface area contributed by atoms with Gasteiger partial charge in [-0.1, -0.05) is 12.1 Å². The standard InChI is InChI=1S/C14H11FN2O4/c1-8-5-6-11(10(15)7-8)16-14(19)9-3-2-4-12(13(9)18)17(20)21/h2-7,18H,1H3,(H,16,19). The van der Waals surface area contributed by atoms with Gasteiger partial charge in [0.2, 0.25) is 5.75 Å². The number of aryl methyl sites for hydroxylation is 1. The molecule has 0 fully saturated rings. The average molecular weight is 290 g/mol. The highest BCUT2D eigenvalue weighted by molar-refractivity contribution is 6.06. The molecule has 0 spiro atoms. The largest absolute Gasteiger partial charge is 0.502 e. The molecule has 6 nitrogen and oxygen atoms in total. The van der Waals surface area contributed by atoms with Gasteiger partial charge in [0, 0.05) is 6.07 Å². The van der Waals surface area contributed by atoms with Crippen LogP contribution in [0.15, 0.2) is 36.4 Å². The number of nitro benzene ring substituents is 1. The summed E-state index contributed by atoms with van der Waals surface area (Å²) in [6.45, 7) is 1.70. The monoisotopic (exact) mass is 290 g/mol. The molecule has 2 N–H and O–H groups in total. The van der Waals surface area contributed by atoms with E-state index in [1.807, 2.05) is 0 Å². The third-order valence-electron chi connectivity index (χ3n) is 2.83. The Labute approximate surface area is 119 Å². The summed E-state index contributed by atoms with van der Waals surface area (Å²) in [5, 5.41) is 22.7. The third kappa shape index (κ3) is 2.97. The number of phenolic OH excluding ortho intramolecular Hbond substituents is 1. The van der Waals surface area contributed by atoms with Crippen LogP contribution in [0.5, 0.6) is 5.75 Å². The van der Waals surface area contributed by atoms with E-state index in [9.17, 15) is 24.4 Å². The fourth-order valence-electron chi connectivity index (χ4n) is 1.77. The van der Waals surface area contributed by atoms with E-state index >= 15 is 0 Å². The number of carbonyl (C=O) groups is 1. The minimum Gasteiger partial charge on any atom is -0.502 e. The predicted molar refractivity (Wildman–Crippen MR) is 73.9 cm³/mol. The molecule has 0 saturated heterocycles. The second kappa shape index (κ2) is 5.58. The molecular formula is C14H11FN2O4. The first-order valence-corrected chi connectivity index (χ1v) is 5.94. The van der Waals surface area contributed by atoms with Gasteiger partial charge in [0.05, 0.1) is 16.2 Å². The van der Waals surface area contributed by atoms with Crippen LogP contribution in [0.4, 0.5) is 15.8 Å². The SMILES string of the molecule is Cc1ccc(NC(=O)c2cccc([N+](=O)[O-])c2O)c(F)c1. The van der Waals surface area contributed by atoms with Crippen molar-refractivity contribution in [2.24, 2.45) is 0 Å². The first kappa shape index (κ1) is 14.4. The molecule has 2 rings (SSSR count). The van der Waals surface area contributed by atoms with E-state index in [-0.39, 0.29) is 11.3 Å². The quantitative estimate of drug-likeness (QED) is 0.671. The molecule has 0 bridgehead atoms. The molecule has 2 aromatic carbocycles. The summed E-state index contributed by atoms with van der Waals surface area (Å²) in [6.07, 6.45) is 0. The summed E-state index contributed by atoms with van der Waals surface area (Å²) in [5.41, 5.74) is -0.281. The van der Waals surface area contributed by atoms with E-state index in [4.69, 9.17) is 0 Å². The zero-order valence-corrected chi connectivity index (χ0v) is 11.0. The third-order valence-corrected chi connectivity index (χ3v) is 2.83. The number of aromatic hydroxyl groups is 1. The van der Waals surface area contributed by atoms with Gasteiger partial charge in [-0.3, -0.25) is 14.9 Å². The van der Waals surface area contributed by atoms with Crippen LogP contribution in [-0.4, -0.2) is 15.9 Å². The number of rotatable bonds is 3. The van der Waals surface area contributed by atoms with Gasteiger partial charge in [0.15, 0.2) is 0 Å². The summed E-state index contributed by atoms with van der Waals surface area (Å²) in [5.74, 6) is -2.22. The highest BCUT2D eigenvalue weighted by Gasteiger charge is 2.21. The summed E-state index contributed by atoms with van der Waals surface area (Å²) in [6, 6.07) is 7.76. The van der Waals surface area contributed by atoms with E-state index < -0.39 is 28.1 Å². The van der Waals surface area contributed by atoms with E-state index in [1.54, 1.807) is 13.0 Å². The molecule has 0 aliphatic carbocycles. The number of carbonyl (C=O) groups excluding carboxylic acids is 1. The van der Waals surface area contributed by atoms with E-state index in [0.717, 1.165) is 6.07 Å². The molecule has 0 aliphatic rings. The van der Waals surface area contributed by atoms with E-state index in [2.05, 4.69) is 5.32 Å². The smallest absolute Gasteiger partial charge is 0.311 e. The first-order valence-electron chi connectivity index (χ1n) is 5.94. The number of nitrogens with zero attached hydrogens (tertiary/aromatic N) is 1. The Morgan fingerprint density at radius 2 is 2.05 bits per heavy atom. The summed E-state index contributed by atoms with van der Waals surface area (Å²) < 4.78 is 13.6. The van der Waals surface area contributed by atoms with Crippen LogP contribution in [0.2, 0.25) is 0 Å². The van der Waals surface area contributed by atoms with Gasteiger partial charge in [0.1, 0.15) is 5.82 Å². The minimum atomic E-state index is -0.834. The maximum absolute atomic E-state index is 13.6. The van der Waals surface area contributed by atoms with Crippen molar-refractivity contribution in [3.05, 3.63) is 63.5 Å². The number of amides is 1. The van der Waals surface area contributed by atoms with Crippen molar-refractivity contribution in [3.63, 3.8) is 0 Å². The van der Waals surface area contributed by atoms with Crippen LogP contribution in [0.1, 0.15) is 15.9 Å². The van der Waals surface area contributed by atoms with E-state index in [1.165, 1.54) is 24.3 Å². The lowest BCUT2D eigenvalue weighted by atomic mass is 10.1. The van der Waals surface area contributed by atoms with Crippen LogP contribution in [0.25, 0.3) is 0 Å². The highest BCUT2D eigenvalue weighted by Crippen LogP contribution is 2.30. The second-order valence-corrected chi connectivity index (χ2v) is 4.37. The van der Waals surface area contributed by atoms with Crippen molar-refractivity contribution in [2.45, 2.75) is 6.92 Å². The number of hydrogen-bond donors (Lipinski definition) is 2. The lowest BCUT2D eigenvalue weighted by molar-refractivity contribution is -0.385. The van der Waals surface area contributed by atoms with Gasteiger partial charge >= 0.3 is 5.69 Å². The molecule has 2 aromatic rings. The second-order valence-electron chi connectivity index (χ2n) is 4.37. The molecule has 0 saturated carbocycles. The number of phenols is 1. The minimum absolute atomic E-state index is 0.0727. The summed E-state index contributed by atoms with van der Waals surface area (Å²) >= 11 is 0. The fraction of sp³-hybridized carbons (Fsp3) is 0.0714. The molecular weight excluding hydrogens is 279 g/mol. The molecule has 0 aromatic heterocycles. The highest BCUT2D eigenvalue weighted by atomic mass is 19.1. The van der Waals surface area contributed by atoms with Crippen LogP contribution in [0, 0.1) is 22.9 Å². The summed E-state index contributed by atoms with van der Waals surface area (Å²) in [4.78, 5) is 21.9. The Bertz CT molecular complexity index is 731. The number of nitrogens with one attached hydrogen (secondary N) is 1. The van der Waals surface area contributed by atoms with Gasteiger partial charge in [-0.25, -0.2) is 4.39 Å². The molecule has 0 atom stereocenters. The van der Waals surface area contributed by atoms with Crippen LogP contribution < -0.4 is 5.32 Å². The Morgan fingerprint density at radius 3 is 2.67 bits per heavy atom. The van der Waals surface area contributed by atoms with Crippen molar-refractivity contribution in [1.29, 1.82) is 0 Å². The van der Waals surface area contributed by atoms with Gasteiger partial charge in [-0.15, -0.1) is 0 Å².